The maximum Gasteiger partial charge on any atom is 0.308 e. The van der Waals surface area contributed by atoms with Crippen molar-refractivity contribution < 1.29 is 14.7 Å². The second-order valence-corrected chi connectivity index (χ2v) is 7.17. The summed E-state index contributed by atoms with van der Waals surface area (Å²) in [5, 5.41) is 12.4. The van der Waals surface area contributed by atoms with Crippen LogP contribution in [0.25, 0.3) is 0 Å². The molecule has 1 amide bonds. The van der Waals surface area contributed by atoms with Crippen LogP contribution in [-0.2, 0) is 9.59 Å². The first-order valence-corrected chi connectivity index (χ1v) is 8.63. The smallest absolute Gasteiger partial charge is 0.308 e. The predicted molar refractivity (Wildman–Crippen MR) is 88.0 cm³/mol. The third kappa shape index (κ3) is 4.03. The van der Waals surface area contributed by atoms with Crippen LogP contribution in [0.5, 0.6) is 0 Å². The van der Waals surface area contributed by atoms with Crippen LogP contribution in [0.4, 0.5) is 0 Å². The van der Waals surface area contributed by atoms with E-state index in [2.05, 4.69) is 5.32 Å². The number of benzene rings is 1. The molecular formula is C17H23NO3S. The van der Waals surface area contributed by atoms with Gasteiger partial charge in [-0.05, 0) is 38.3 Å². The van der Waals surface area contributed by atoms with Crippen molar-refractivity contribution in [1.29, 1.82) is 0 Å². The molecule has 2 rings (SSSR count). The number of aliphatic carboxylic acids is 1. The molecule has 0 aromatic heterocycles. The molecule has 5 heteroatoms. The van der Waals surface area contributed by atoms with Crippen molar-refractivity contribution in [3.63, 3.8) is 0 Å². The van der Waals surface area contributed by atoms with Crippen molar-refractivity contribution in [3.8, 4) is 0 Å². The summed E-state index contributed by atoms with van der Waals surface area (Å²) in [5.74, 6) is -1.08. The van der Waals surface area contributed by atoms with E-state index in [9.17, 15) is 14.7 Å². The highest BCUT2D eigenvalue weighted by molar-refractivity contribution is 8.00. The van der Waals surface area contributed by atoms with E-state index in [0.29, 0.717) is 12.2 Å². The van der Waals surface area contributed by atoms with Gasteiger partial charge in [0.1, 0.15) is 0 Å². The number of carbonyl (C=O) groups excluding carboxylic acids is 1. The van der Waals surface area contributed by atoms with Gasteiger partial charge in [0.05, 0.1) is 17.2 Å². The lowest BCUT2D eigenvalue weighted by Crippen LogP contribution is -2.55. The van der Waals surface area contributed by atoms with Gasteiger partial charge in [0.2, 0.25) is 5.91 Å². The highest BCUT2D eigenvalue weighted by Crippen LogP contribution is 2.34. The summed E-state index contributed by atoms with van der Waals surface area (Å²) in [6, 6.07) is 7.94. The van der Waals surface area contributed by atoms with E-state index < -0.39 is 17.4 Å². The lowest BCUT2D eigenvalue weighted by molar-refractivity contribution is -0.146. The fourth-order valence-electron chi connectivity index (χ4n) is 3.10. The normalized spacial score (nSPS) is 24.7. The number of hydrogen-bond acceptors (Lipinski definition) is 3. The molecule has 0 radical (unpaired) electrons. The number of carbonyl (C=O) groups is 2. The van der Waals surface area contributed by atoms with Crippen LogP contribution in [0, 0.1) is 12.8 Å². The van der Waals surface area contributed by atoms with Gasteiger partial charge in [-0.3, -0.25) is 9.59 Å². The largest absolute Gasteiger partial charge is 0.481 e. The molecule has 2 atom stereocenters. The van der Waals surface area contributed by atoms with Gasteiger partial charge in [0.25, 0.3) is 0 Å². The molecule has 2 unspecified atom stereocenters. The van der Waals surface area contributed by atoms with Crippen molar-refractivity contribution in [2.75, 3.05) is 5.75 Å². The van der Waals surface area contributed by atoms with Gasteiger partial charge in [-0.1, -0.05) is 31.0 Å². The van der Waals surface area contributed by atoms with E-state index in [-0.39, 0.29) is 5.91 Å². The molecule has 0 saturated heterocycles. The number of carboxylic acid groups (broad SMARTS) is 1. The molecule has 0 bridgehead atoms. The number of carboxylic acids is 1. The second kappa shape index (κ2) is 7.18. The molecular weight excluding hydrogens is 298 g/mol. The molecule has 4 nitrogen and oxygen atoms in total. The first kappa shape index (κ1) is 16.9. The fraction of sp³-hybridized carbons (Fsp3) is 0.529. The fourth-order valence-corrected chi connectivity index (χ4v) is 3.92. The lowest BCUT2D eigenvalue weighted by atomic mass is 9.74. The van der Waals surface area contributed by atoms with Crippen LogP contribution in [0.1, 0.15) is 38.2 Å². The second-order valence-electron chi connectivity index (χ2n) is 6.16. The Hall–Kier alpha value is -1.49. The van der Waals surface area contributed by atoms with Gasteiger partial charge in [-0.25, -0.2) is 0 Å². The topological polar surface area (TPSA) is 66.4 Å². The Kier molecular flexibility index (Phi) is 5.51. The summed E-state index contributed by atoms with van der Waals surface area (Å²) in [5.41, 5.74) is 0.514. The summed E-state index contributed by atoms with van der Waals surface area (Å²) >= 11 is 1.49. The van der Waals surface area contributed by atoms with Crippen LogP contribution in [0.2, 0.25) is 0 Å². The molecule has 1 aliphatic carbocycles. The average Bonchev–Trinajstić information content (AvgIpc) is 2.46. The zero-order chi connectivity index (χ0) is 16.2. The Labute approximate surface area is 135 Å². The molecule has 1 fully saturated rings. The van der Waals surface area contributed by atoms with Crippen LogP contribution in [0.3, 0.4) is 0 Å². The maximum absolute atomic E-state index is 12.2. The van der Waals surface area contributed by atoms with Crippen molar-refractivity contribution in [3.05, 3.63) is 29.8 Å². The number of hydrogen-bond donors (Lipinski definition) is 2. The molecule has 1 aromatic rings. The maximum atomic E-state index is 12.2. The molecule has 0 aliphatic heterocycles. The van der Waals surface area contributed by atoms with Crippen molar-refractivity contribution in [1.82, 2.24) is 5.32 Å². The minimum Gasteiger partial charge on any atom is -0.481 e. The number of amides is 1. The van der Waals surface area contributed by atoms with E-state index in [1.165, 1.54) is 11.8 Å². The third-order valence-electron chi connectivity index (χ3n) is 4.38. The average molecular weight is 321 g/mol. The van der Waals surface area contributed by atoms with Gasteiger partial charge in [0.15, 0.2) is 0 Å². The minimum absolute atomic E-state index is 0.0936. The predicted octanol–water partition coefficient (Wildman–Crippen LogP) is 3.24. The van der Waals surface area contributed by atoms with Crippen LogP contribution in [0.15, 0.2) is 29.2 Å². The highest BCUT2D eigenvalue weighted by Gasteiger charge is 2.42. The molecule has 0 heterocycles. The molecule has 22 heavy (non-hydrogen) atoms. The Morgan fingerprint density at radius 3 is 2.77 bits per heavy atom. The summed E-state index contributed by atoms with van der Waals surface area (Å²) in [7, 11) is 0. The van der Waals surface area contributed by atoms with E-state index in [1.54, 1.807) is 0 Å². The Bertz CT molecular complexity index is 561. The quantitative estimate of drug-likeness (QED) is 0.817. The molecule has 1 aliphatic rings. The minimum atomic E-state index is -0.811. The summed E-state index contributed by atoms with van der Waals surface area (Å²) in [4.78, 5) is 24.7. The zero-order valence-corrected chi connectivity index (χ0v) is 13.9. The van der Waals surface area contributed by atoms with E-state index in [4.69, 9.17) is 0 Å². The van der Waals surface area contributed by atoms with Gasteiger partial charge in [0, 0.05) is 4.90 Å². The number of rotatable bonds is 5. The highest BCUT2D eigenvalue weighted by atomic mass is 32.2. The molecule has 2 N–H and O–H groups in total. The Morgan fingerprint density at radius 2 is 2.09 bits per heavy atom. The summed E-state index contributed by atoms with van der Waals surface area (Å²) in [6.07, 6.45) is 3.24. The number of nitrogens with one attached hydrogen (secondary N) is 1. The van der Waals surface area contributed by atoms with Gasteiger partial charge in [-0.15, -0.1) is 11.8 Å². The van der Waals surface area contributed by atoms with E-state index in [0.717, 1.165) is 29.7 Å². The number of aryl methyl sites for hydroxylation is 1. The summed E-state index contributed by atoms with van der Waals surface area (Å²) in [6.45, 7) is 3.88. The number of thioether (sulfide) groups is 1. The third-order valence-corrected chi connectivity index (χ3v) is 5.56. The van der Waals surface area contributed by atoms with Gasteiger partial charge < -0.3 is 10.4 Å². The van der Waals surface area contributed by atoms with Gasteiger partial charge in [-0.2, -0.15) is 0 Å². The van der Waals surface area contributed by atoms with Crippen molar-refractivity contribution >= 4 is 23.6 Å². The standard InChI is InChI=1S/C17H23NO3S/c1-12-7-3-4-9-14(12)22-11-15(19)18-17(2)10-6-5-8-13(17)16(20)21/h3-4,7,9,13H,5-6,8,10-11H2,1-2H3,(H,18,19)(H,20,21). The van der Waals surface area contributed by atoms with Crippen molar-refractivity contribution in [2.24, 2.45) is 5.92 Å². The first-order chi connectivity index (χ1) is 10.4. The van der Waals surface area contributed by atoms with Crippen LogP contribution in [-0.4, -0.2) is 28.3 Å². The molecule has 1 saturated carbocycles. The van der Waals surface area contributed by atoms with E-state index >= 15 is 0 Å². The monoisotopic (exact) mass is 321 g/mol. The first-order valence-electron chi connectivity index (χ1n) is 7.64. The molecule has 120 valence electrons. The summed E-state index contributed by atoms with van der Waals surface area (Å²) < 4.78 is 0. The van der Waals surface area contributed by atoms with Crippen LogP contribution < -0.4 is 5.32 Å². The Morgan fingerprint density at radius 1 is 1.36 bits per heavy atom. The van der Waals surface area contributed by atoms with Gasteiger partial charge >= 0.3 is 5.97 Å². The van der Waals surface area contributed by atoms with Crippen molar-refractivity contribution in [2.45, 2.75) is 50.0 Å². The lowest BCUT2D eigenvalue weighted by Gasteiger charge is -2.39. The molecule has 1 aromatic carbocycles. The van der Waals surface area contributed by atoms with Crippen LogP contribution >= 0.6 is 11.8 Å². The zero-order valence-electron chi connectivity index (χ0n) is 13.1. The molecule has 0 spiro atoms. The van der Waals surface area contributed by atoms with E-state index in [1.807, 2.05) is 38.1 Å². The SMILES string of the molecule is Cc1ccccc1SCC(=O)NC1(C)CCCCC1C(=O)O. The Balaban J connectivity index is 1.95.